The fraction of sp³-hybridized carbons (Fsp3) is 0.421. The Balaban J connectivity index is 1.43. The first-order chi connectivity index (χ1) is 12.5. The molecule has 1 aromatic carbocycles. The lowest BCUT2D eigenvalue weighted by molar-refractivity contribution is -0.139. The first-order valence-electron chi connectivity index (χ1n) is 8.73. The van der Waals surface area contributed by atoms with E-state index in [1.165, 1.54) is 12.1 Å². The number of rotatable bonds is 5. The van der Waals surface area contributed by atoms with Gasteiger partial charge in [0.15, 0.2) is 0 Å². The van der Waals surface area contributed by atoms with Crippen molar-refractivity contribution in [2.24, 2.45) is 0 Å². The van der Waals surface area contributed by atoms with Gasteiger partial charge in [-0.3, -0.25) is 9.59 Å². The highest BCUT2D eigenvalue weighted by Crippen LogP contribution is 2.11. The third-order valence-corrected chi connectivity index (χ3v) is 4.53. The first kappa shape index (κ1) is 18.1. The number of carbonyl (C=O) groups is 2. The van der Waals surface area contributed by atoms with Gasteiger partial charge in [-0.2, -0.15) is 0 Å². The summed E-state index contributed by atoms with van der Waals surface area (Å²) in [6.45, 7) is 3.91. The van der Waals surface area contributed by atoms with Crippen LogP contribution in [0.15, 0.2) is 34.9 Å². The van der Waals surface area contributed by atoms with Crippen LogP contribution in [0.2, 0.25) is 0 Å². The molecule has 0 aliphatic carbocycles. The second-order valence-corrected chi connectivity index (χ2v) is 6.49. The van der Waals surface area contributed by atoms with E-state index in [4.69, 9.17) is 4.52 Å². The van der Waals surface area contributed by atoms with Gasteiger partial charge >= 0.3 is 0 Å². The number of aryl methyl sites for hydroxylation is 2. The number of benzene rings is 1. The number of hydrogen-bond donors (Lipinski definition) is 0. The van der Waals surface area contributed by atoms with Crippen LogP contribution in [0, 0.1) is 12.7 Å². The van der Waals surface area contributed by atoms with E-state index in [1.54, 1.807) is 34.9 Å². The Labute approximate surface area is 151 Å². The van der Waals surface area contributed by atoms with Crippen molar-refractivity contribution in [1.82, 2.24) is 15.0 Å². The van der Waals surface area contributed by atoms with Crippen LogP contribution in [0.4, 0.5) is 4.39 Å². The maximum Gasteiger partial charge on any atom is 0.228 e. The molecule has 1 aromatic heterocycles. The van der Waals surface area contributed by atoms with Gasteiger partial charge in [0.1, 0.15) is 11.6 Å². The summed E-state index contributed by atoms with van der Waals surface area (Å²) in [6.07, 6.45) is 1.19. The third-order valence-electron chi connectivity index (χ3n) is 4.53. The van der Waals surface area contributed by atoms with Crippen molar-refractivity contribution in [2.75, 3.05) is 26.2 Å². The molecule has 2 amide bonds. The number of amides is 2. The van der Waals surface area contributed by atoms with E-state index < -0.39 is 0 Å². The highest BCUT2D eigenvalue weighted by Gasteiger charge is 2.24. The summed E-state index contributed by atoms with van der Waals surface area (Å²) in [7, 11) is 0. The van der Waals surface area contributed by atoms with E-state index in [2.05, 4.69) is 5.16 Å². The van der Waals surface area contributed by atoms with Crippen molar-refractivity contribution in [3.63, 3.8) is 0 Å². The summed E-state index contributed by atoms with van der Waals surface area (Å²) in [5.41, 5.74) is 1.57. The zero-order valence-corrected chi connectivity index (χ0v) is 14.8. The molecular formula is C19H22FN3O3. The lowest BCUT2D eigenvalue weighted by Gasteiger charge is -2.34. The SMILES string of the molecule is Cc1cc(CC(=O)N2CCN(C(=O)CCc3ccc(F)cc3)CC2)no1. The van der Waals surface area contributed by atoms with Gasteiger partial charge in [-0.1, -0.05) is 17.3 Å². The lowest BCUT2D eigenvalue weighted by atomic mass is 10.1. The average Bonchev–Trinajstić information content (AvgIpc) is 3.06. The fourth-order valence-corrected chi connectivity index (χ4v) is 3.03. The molecule has 6 nitrogen and oxygen atoms in total. The number of halogens is 1. The molecule has 0 saturated carbocycles. The van der Waals surface area contributed by atoms with Crippen LogP contribution < -0.4 is 0 Å². The molecule has 7 heteroatoms. The molecule has 3 rings (SSSR count). The van der Waals surface area contributed by atoms with Gasteiger partial charge in [-0.25, -0.2) is 4.39 Å². The van der Waals surface area contributed by atoms with E-state index in [1.807, 2.05) is 0 Å². The van der Waals surface area contributed by atoms with Crippen LogP contribution >= 0.6 is 0 Å². The van der Waals surface area contributed by atoms with Crippen LogP contribution in [0.5, 0.6) is 0 Å². The number of hydrogen-bond acceptors (Lipinski definition) is 4. The Morgan fingerprint density at radius 3 is 2.27 bits per heavy atom. The molecule has 0 atom stereocenters. The predicted molar refractivity (Wildman–Crippen MR) is 92.8 cm³/mol. The Bertz CT molecular complexity index is 765. The molecule has 0 N–H and O–H groups in total. The first-order valence-corrected chi connectivity index (χ1v) is 8.73. The van der Waals surface area contributed by atoms with E-state index in [-0.39, 0.29) is 24.1 Å². The molecule has 1 aliphatic heterocycles. The van der Waals surface area contributed by atoms with Crippen molar-refractivity contribution in [2.45, 2.75) is 26.2 Å². The Hall–Kier alpha value is -2.70. The van der Waals surface area contributed by atoms with E-state index in [0.29, 0.717) is 50.5 Å². The van der Waals surface area contributed by atoms with Crippen molar-refractivity contribution in [1.29, 1.82) is 0 Å². The Morgan fingerprint density at radius 1 is 1.08 bits per heavy atom. The minimum absolute atomic E-state index is 0.00305. The van der Waals surface area contributed by atoms with Crippen LogP contribution in [-0.4, -0.2) is 52.9 Å². The summed E-state index contributed by atoms with van der Waals surface area (Å²) < 4.78 is 17.9. The van der Waals surface area contributed by atoms with Gasteiger partial charge in [-0.05, 0) is 31.0 Å². The molecule has 2 aromatic rings. The summed E-state index contributed by atoms with van der Waals surface area (Å²) in [6, 6.07) is 7.96. The maximum atomic E-state index is 12.9. The van der Waals surface area contributed by atoms with Crippen molar-refractivity contribution >= 4 is 11.8 Å². The van der Waals surface area contributed by atoms with Gasteiger partial charge in [0, 0.05) is 38.7 Å². The largest absolute Gasteiger partial charge is 0.361 e. The number of carbonyl (C=O) groups excluding carboxylic acids is 2. The Kier molecular flexibility index (Phi) is 5.65. The predicted octanol–water partition coefficient (Wildman–Crippen LogP) is 1.97. The number of nitrogens with zero attached hydrogens (tertiary/aromatic N) is 3. The average molecular weight is 359 g/mol. The van der Waals surface area contributed by atoms with Crippen LogP contribution in [0.25, 0.3) is 0 Å². The molecule has 1 aliphatic rings. The Morgan fingerprint density at radius 2 is 1.69 bits per heavy atom. The van der Waals surface area contributed by atoms with Crippen LogP contribution in [0.1, 0.15) is 23.4 Å². The third kappa shape index (κ3) is 4.68. The molecule has 26 heavy (non-hydrogen) atoms. The molecular weight excluding hydrogens is 337 g/mol. The van der Waals surface area contributed by atoms with Gasteiger partial charge in [0.05, 0.1) is 12.1 Å². The van der Waals surface area contributed by atoms with E-state index >= 15 is 0 Å². The lowest BCUT2D eigenvalue weighted by Crippen LogP contribution is -2.51. The van der Waals surface area contributed by atoms with Crippen LogP contribution in [0.3, 0.4) is 0 Å². The monoisotopic (exact) mass is 359 g/mol. The molecule has 2 heterocycles. The molecule has 1 saturated heterocycles. The zero-order valence-electron chi connectivity index (χ0n) is 14.8. The number of aromatic nitrogens is 1. The highest BCUT2D eigenvalue weighted by atomic mass is 19.1. The minimum atomic E-state index is -0.276. The smallest absolute Gasteiger partial charge is 0.228 e. The molecule has 0 unspecified atom stereocenters. The quantitative estimate of drug-likeness (QED) is 0.819. The summed E-state index contributed by atoms with van der Waals surface area (Å²) in [5.74, 6) is 0.469. The van der Waals surface area contributed by atoms with E-state index in [9.17, 15) is 14.0 Å². The topological polar surface area (TPSA) is 66.7 Å². The number of piperazine rings is 1. The second kappa shape index (κ2) is 8.12. The zero-order chi connectivity index (χ0) is 18.5. The normalized spacial score (nSPS) is 14.5. The van der Waals surface area contributed by atoms with Crippen LogP contribution in [-0.2, 0) is 22.4 Å². The van der Waals surface area contributed by atoms with Gasteiger partial charge in [0.2, 0.25) is 11.8 Å². The van der Waals surface area contributed by atoms with Crippen molar-refractivity contribution < 1.29 is 18.5 Å². The standard InChI is InChI=1S/C19H22FN3O3/c1-14-12-17(21-26-14)13-19(25)23-10-8-22(9-11-23)18(24)7-4-15-2-5-16(20)6-3-15/h2-3,5-6,12H,4,7-11,13H2,1H3. The van der Waals surface area contributed by atoms with Crippen molar-refractivity contribution in [3.05, 3.63) is 53.2 Å². The molecule has 0 radical (unpaired) electrons. The molecule has 138 valence electrons. The van der Waals surface area contributed by atoms with Gasteiger partial charge < -0.3 is 14.3 Å². The summed E-state index contributed by atoms with van der Waals surface area (Å²) in [5, 5.41) is 3.84. The van der Waals surface area contributed by atoms with Gasteiger partial charge in [-0.15, -0.1) is 0 Å². The molecule has 0 spiro atoms. The summed E-state index contributed by atoms with van der Waals surface area (Å²) in [4.78, 5) is 28.2. The fourth-order valence-electron chi connectivity index (χ4n) is 3.03. The summed E-state index contributed by atoms with van der Waals surface area (Å²) >= 11 is 0. The molecule has 1 fully saturated rings. The highest BCUT2D eigenvalue weighted by molar-refractivity contribution is 5.79. The molecule has 0 bridgehead atoms. The maximum absolute atomic E-state index is 12.9. The van der Waals surface area contributed by atoms with Crippen molar-refractivity contribution in [3.8, 4) is 0 Å². The second-order valence-electron chi connectivity index (χ2n) is 6.49. The van der Waals surface area contributed by atoms with Gasteiger partial charge in [0.25, 0.3) is 0 Å². The van der Waals surface area contributed by atoms with E-state index in [0.717, 1.165) is 5.56 Å². The minimum Gasteiger partial charge on any atom is -0.361 e.